The molecule has 0 radical (unpaired) electrons. The van der Waals surface area contributed by atoms with Crippen molar-refractivity contribution in [3.8, 4) is 0 Å². The Morgan fingerprint density at radius 2 is 2.21 bits per heavy atom. The highest BCUT2D eigenvalue weighted by Crippen LogP contribution is 2.26. The van der Waals surface area contributed by atoms with Crippen molar-refractivity contribution in [1.29, 1.82) is 0 Å². The van der Waals surface area contributed by atoms with E-state index < -0.39 is 5.97 Å². The molecule has 0 amide bonds. The zero-order chi connectivity index (χ0) is 13.8. The number of carboxylic acids is 1. The number of fused-ring (bicyclic) bond motifs is 1. The lowest BCUT2D eigenvalue weighted by molar-refractivity contribution is 0.0699. The lowest BCUT2D eigenvalue weighted by atomic mass is 10.1. The molecular formula is C13H13ClN2O3. The second-order valence-electron chi connectivity index (χ2n) is 3.91. The van der Waals surface area contributed by atoms with Gasteiger partial charge in [-0.1, -0.05) is 11.6 Å². The molecule has 6 heteroatoms. The predicted octanol–water partition coefficient (Wildman–Crippen LogP) is 2.64. The molecule has 2 aromatic rings. The minimum Gasteiger partial charge on any atom is -0.478 e. The summed E-state index contributed by atoms with van der Waals surface area (Å²) < 4.78 is 4.93. The Balaban J connectivity index is 2.39. The Kier molecular flexibility index (Phi) is 4.19. The van der Waals surface area contributed by atoms with Gasteiger partial charge in [0.25, 0.3) is 0 Å². The molecule has 0 aliphatic rings. The second kappa shape index (κ2) is 5.86. The molecule has 2 N–H and O–H groups in total. The number of rotatable bonds is 5. The first kappa shape index (κ1) is 13.6. The number of ether oxygens (including phenoxy) is 1. The Labute approximate surface area is 115 Å². The van der Waals surface area contributed by atoms with Gasteiger partial charge in [-0.15, -0.1) is 0 Å². The van der Waals surface area contributed by atoms with Crippen LogP contribution < -0.4 is 5.32 Å². The third kappa shape index (κ3) is 2.94. The van der Waals surface area contributed by atoms with Crippen molar-refractivity contribution < 1.29 is 14.6 Å². The van der Waals surface area contributed by atoms with E-state index >= 15 is 0 Å². The zero-order valence-corrected chi connectivity index (χ0v) is 11.1. The van der Waals surface area contributed by atoms with Crippen LogP contribution in [0.25, 0.3) is 10.9 Å². The first-order valence-corrected chi connectivity index (χ1v) is 6.06. The molecule has 0 fully saturated rings. The summed E-state index contributed by atoms with van der Waals surface area (Å²) in [7, 11) is 1.62. The largest absolute Gasteiger partial charge is 0.478 e. The van der Waals surface area contributed by atoms with E-state index in [0.29, 0.717) is 29.9 Å². The average Bonchev–Trinajstić information content (AvgIpc) is 2.38. The molecule has 1 heterocycles. The van der Waals surface area contributed by atoms with Crippen LogP contribution in [0.4, 0.5) is 5.82 Å². The molecule has 0 aliphatic heterocycles. The lowest BCUT2D eigenvalue weighted by Crippen LogP contribution is -2.09. The average molecular weight is 281 g/mol. The molecule has 0 bridgehead atoms. The topological polar surface area (TPSA) is 71.5 Å². The van der Waals surface area contributed by atoms with Gasteiger partial charge in [-0.2, -0.15) is 0 Å². The maximum absolute atomic E-state index is 11.2. The van der Waals surface area contributed by atoms with Crippen molar-refractivity contribution in [3.05, 3.63) is 34.9 Å². The lowest BCUT2D eigenvalue weighted by Gasteiger charge is -2.08. The van der Waals surface area contributed by atoms with E-state index in [9.17, 15) is 4.79 Å². The molecule has 0 saturated heterocycles. The molecule has 1 aromatic heterocycles. The molecule has 0 unspecified atom stereocenters. The summed E-state index contributed by atoms with van der Waals surface area (Å²) in [6.45, 7) is 1.20. The van der Waals surface area contributed by atoms with Crippen molar-refractivity contribution >= 4 is 34.3 Å². The van der Waals surface area contributed by atoms with Crippen LogP contribution in [0.5, 0.6) is 0 Å². The normalized spacial score (nSPS) is 10.6. The van der Waals surface area contributed by atoms with Crippen LogP contribution in [0.15, 0.2) is 24.3 Å². The van der Waals surface area contributed by atoms with Crippen molar-refractivity contribution in [2.24, 2.45) is 0 Å². The van der Waals surface area contributed by atoms with Gasteiger partial charge in [0.05, 0.1) is 22.7 Å². The first-order chi connectivity index (χ1) is 9.13. The predicted molar refractivity (Wildman–Crippen MR) is 74.1 cm³/mol. The van der Waals surface area contributed by atoms with Crippen molar-refractivity contribution in [2.45, 2.75) is 0 Å². The Hall–Kier alpha value is -1.85. The van der Waals surface area contributed by atoms with Crippen LogP contribution >= 0.6 is 11.6 Å². The third-order valence-electron chi connectivity index (χ3n) is 2.65. The van der Waals surface area contributed by atoms with Crippen LogP contribution in [-0.4, -0.2) is 36.3 Å². The van der Waals surface area contributed by atoms with Crippen molar-refractivity contribution in [3.63, 3.8) is 0 Å². The summed E-state index contributed by atoms with van der Waals surface area (Å²) in [6.07, 6.45) is 0. The minimum atomic E-state index is -1.06. The van der Waals surface area contributed by atoms with Crippen LogP contribution in [-0.2, 0) is 4.74 Å². The van der Waals surface area contributed by atoms with E-state index in [4.69, 9.17) is 21.4 Å². The Morgan fingerprint density at radius 3 is 2.89 bits per heavy atom. The highest BCUT2D eigenvalue weighted by molar-refractivity contribution is 6.35. The van der Waals surface area contributed by atoms with Crippen LogP contribution in [0.1, 0.15) is 10.4 Å². The fraction of sp³-hybridized carbons (Fsp3) is 0.231. The van der Waals surface area contributed by atoms with Gasteiger partial charge in [-0.3, -0.25) is 0 Å². The maximum Gasteiger partial charge on any atom is 0.337 e. The number of methoxy groups -OCH3 is 1. The van der Waals surface area contributed by atoms with Gasteiger partial charge >= 0.3 is 5.97 Å². The third-order valence-corrected chi connectivity index (χ3v) is 2.96. The Bertz CT molecular complexity index is 616. The van der Waals surface area contributed by atoms with E-state index in [0.717, 1.165) is 0 Å². The van der Waals surface area contributed by atoms with E-state index in [1.54, 1.807) is 31.4 Å². The van der Waals surface area contributed by atoms with Gasteiger partial charge in [0.2, 0.25) is 0 Å². The summed E-state index contributed by atoms with van der Waals surface area (Å²) in [5, 5.41) is 13.0. The van der Waals surface area contributed by atoms with Gasteiger partial charge in [0.15, 0.2) is 0 Å². The molecule has 19 heavy (non-hydrogen) atoms. The first-order valence-electron chi connectivity index (χ1n) is 5.69. The minimum absolute atomic E-state index is 0.0788. The van der Waals surface area contributed by atoms with Gasteiger partial charge in [-0.25, -0.2) is 9.78 Å². The van der Waals surface area contributed by atoms with Gasteiger partial charge in [0, 0.05) is 19.0 Å². The molecule has 0 spiro atoms. The number of anilines is 1. The van der Waals surface area contributed by atoms with Crippen molar-refractivity contribution in [1.82, 2.24) is 4.98 Å². The van der Waals surface area contributed by atoms with Crippen LogP contribution in [0.2, 0.25) is 5.02 Å². The summed E-state index contributed by atoms with van der Waals surface area (Å²) in [6, 6.07) is 6.67. The number of carbonyl (C=O) groups is 1. The number of nitrogens with one attached hydrogen (secondary N) is 1. The van der Waals surface area contributed by atoms with E-state index in [2.05, 4.69) is 10.3 Å². The number of nitrogens with zero attached hydrogens (tertiary/aromatic N) is 1. The second-order valence-corrected chi connectivity index (χ2v) is 4.32. The number of hydrogen-bond acceptors (Lipinski definition) is 4. The zero-order valence-electron chi connectivity index (χ0n) is 10.3. The molecule has 1 aromatic carbocycles. The van der Waals surface area contributed by atoms with Crippen LogP contribution in [0.3, 0.4) is 0 Å². The number of aromatic carboxylic acids is 1. The number of halogens is 1. The molecule has 5 nitrogen and oxygen atoms in total. The number of pyridine rings is 1. The van der Waals surface area contributed by atoms with Gasteiger partial charge in [0.1, 0.15) is 5.82 Å². The molecule has 0 atom stereocenters. The standard InChI is InChI=1S/C13H13ClN2O3/c1-19-7-6-15-11-5-2-8-10(16-11)4-3-9(14)12(8)13(17)18/h2-5H,6-7H2,1H3,(H,15,16)(H,17,18). The highest BCUT2D eigenvalue weighted by Gasteiger charge is 2.14. The van der Waals surface area contributed by atoms with Crippen LogP contribution in [0, 0.1) is 0 Å². The fourth-order valence-electron chi connectivity index (χ4n) is 1.77. The molecular weight excluding hydrogens is 268 g/mol. The van der Waals surface area contributed by atoms with Gasteiger partial charge in [-0.05, 0) is 24.3 Å². The summed E-state index contributed by atoms with van der Waals surface area (Å²) in [5.74, 6) is -0.388. The summed E-state index contributed by atoms with van der Waals surface area (Å²) >= 11 is 5.90. The number of hydrogen-bond donors (Lipinski definition) is 2. The smallest absolute Gasteiger partial charge is 0.337 e. The molecule has 0 aliphatic carbocycles. The van der Waals surface area contributed by atoms with E-state index in [-0.39, 0.29) is 10.6 Å². The number of aromatic nitrogens is 1. The molecule has 2 rings (SSSR count). The van der Waals surface area contributed by atoms with E-state index in [1.807, 2.05) is 0 Å². The molecule has 100 valence electrons. The SMILES string of the molecule is COCCNc1ccc2c(C(=O)O)c(Cl)ccc2n1. The quantitative estimate of drug-likeness (QED) is 0.824. The van der Waals surface area contributed by atoms with Gasteiger partial charge < -0.3 is 15.2 Å². The molecule has 0 saturated carbocycles. The maximum atomic E-state index is 11.2. The summed E-state index contributed by atoms with van der Waals surface area (Å²) in [4.78, 5) is 15.5. The fourth-order valence-corrected chi connectivity index (χ4v) is 2.02. The summed E-state index contributed by atoms with van der Waals surface area (Å²) in [5.41, 5.74) is 0.666. The Morgan fingerprint density at radius 1 is 1.42 bits per heavy atom. The highest BCUT2D eigenvalue weighted by atomic mass is 35.5. The number of benzene rings is 1. The number of carboxylic acid groups (broad SMARTS) is 1. The van der Waals surface area contributed by atoms with E-state index in [1.165, 1.54) is 0 Å². The van der Waals surface area contributed by atoms with Crippen molar-refractivity contribution in [2.75, 3.05) is 25.6 Å². The monoisotopic (exact) mass is 280 g/mol.